The molecule has 0 saturated carbocycles. The van der Waals surface area contributed by atoms with E-state index in [1.807, 2.05) is 0 Å². The number of nitrogens with one attached hydrogen (secondary N) is 1. The standard InChI is InChI=1S/C24H20ClF3N4O3S2/c1-3-35-23(34)17-12-7-6-11(2)9-15(12)37-22(17)30-21(33)19-18(25)20-29-13(14-5-4-8-36-14)10-16(24(26,27)28)32(20)31-19/h4-5,8,10-11H,3,6-7,9H2,1-2H3,(H,30,33). The first-order valence-electron chi connectivity index (χ1n) is 11.4. The number of fused-ring (bicyclic) bond motifs is 2. The first-order chi connectivity index (χ1) is 17.6. The van der Waals surface area contributed by atoms with E-state index in [0.29, 0.717) is 21.7 Å². The van der Waals surface area contributed by atoms with Gasteiger partial charge < -0.3 is 10.1 Å². The van der Waals surface area contributed by atoms with Gasteiger partial charge in [0.15, 0.2) is 17.0 Å². The van der Waals surface area contributed by atoms with Gasteiger partial charge in [-0.25, -0.2) is 14.3 Å². The first-order valence-corrected chi connectivity index (χ1v) is 13.5. The van der Waals surface area contributed by atoms with Crippen LogP contribution in [0.15, 0.2) is 23.6 Å². The van der Waals surface area contributed by atoms with Gasteiger partial charge in [-0.2, -0.15) is 18.3 Å². The first kappa shape index (κ1) is 25.7. The van der Waals surface area contributed by atoms with Crippen molar-refractivity contribution in [1.29, 1.82) is 0 Å². The minimum Gasteiger partial charge on any atom is -0.462 e. The molecule has 0 saturated heterocycles. The third-order valence-corrected chi connectivity index (χ3v) is 8.44. The largest absolute Gasteiger partial charge is 0.462 e. The molecule has 0 spiro atoms. The van der Waals surface area contributed by atoms with Gasteiger partial charge in [-0.1, -0.05) is 24.6 Å². The van der Waals surface area contributed by atoms with Crippen LogP contribution in [-0.2, 0) is 23.8 Å². The van der Waals surface area contributed by atoms with Gasteiger partial charge in [0.1, 0.15) is 10.0 Å². The van der Waals surface area contributed by atoms with Gasteiger partial charge in [0.05, 0.1) is 22.7 Å². The molecule has 5 rings (SSSR count). The Morgan fingerprint density at radius 3 is 2.81 bits per heavy atom. The van der Waals surface area contributed by atoms with Gasteiger partial charge in [-0.05, 0) is 55.2 Å². The van der Waals surface area contributed by atoms with Crippen molar-refractivity contribution in [1.82, 2.24) is 14.6 Å². The van der Waals surface area contributed by atoms with Gasteiger partial charge >= 0.3 is 12.1 Å². The minimum atomic E-state index is -4.78. The minimum absolute atomic E-state index is 0.0632. The number of carbonyl (C=O) groups is 2. The van der Waals surface area contributed by atoms with E-state index < -0.39 is 29.4 Å². The Hall–Kier alpha value is -2.96. The highest BCUT2D eigenvalue weighted by Gasteiger charge is 2.37. The van der Waals surface area contributed by atoms with Crippen LogP contribution in [0.25, 0.3) is 16.2 Å². The third-order valence-electron chi connectivity index (χ3n) is 6.03. The molecule has 1 N–H and O–H groups in total. The quantitative estimate of drug-likeness (QED) is 0.269. The van der Waals surface area contributed by atoms with Gasteiger partial charge in [-0.15, -0.1) is 22.7 Å². The molecule has 4 aromatic heterocycles. The summed E-state index contributed by atoms with van der Waals surface area (Å²) in [6.07, 6.45) is -2.48. The molecule has 0 aromatic carbocycles. The molecule has 1 aliphatic carbocycles. The Morgan fingerprint density at radius 1 is 1.35 bits per heavy atom. The van der Waals surface area contributed by atoms with Crippen LogP contribution in [0.1, 0.15) is 57.2 Å². The van der Waals surface area contributed by atoms with Crippen LogP contribution < -0.4 is 5.32 Å². The molecule has 1 unspecified atom stereocenters. The second kappa shape index (κ2) is 9.73. The maximum Gasteiger partial charge on any atom is 0.433 e. The lowest BCUT2D eigenvalue weighted by Crippen LogP contribution is -2.18. The summed E-state index contributed by atoms with van der Waals surface area (Å²) in [5.74, 6) is -0.993. The highest BCUT2D eigenvalue weighted by Crippen LogP contribution is 2.41. The van der Waals surface area contributed by atoms with Crippen molar-refractivity contribution in [3.8, 4) is 10.6 Å². The summed E-state index contributed by atoms with van der Waals surface area (Å²) in [7, 11) is 0. The molecule has 194 valence electrons. The number of esters is 1. The van der Waals surface area contributed by atoms with E-state index >= 15 is 0 Å². The number of ether oxygens (including phenoxy) is 1. The van der Waals surface area contributed by atoms with E-state index in [0.717, 1.165) is 29.3 Å². The Kier molecular flexibility index (Phi) is 6.75. The second-order valence-electron chi connectivity index (χ2n) is 8.63. The smallest absolute Gasteiger partial charge is 0.433 e. The number of thiophene rings is 2. The number of hydrogen-bond donors (Lipinski definition) is 1. The highest BCUT2D eigenvalue weighted by atomic mass is 35.5. The van der Waals surface area contributed by atoms with E-state index in [4.69, 9.17) is 16.3 Å². The number of halogens is 4. The summed E-state index contributed by atoms with van der Waals surface area (Å²) >= 11 is 8.87. The maximum atomic E-state index is 13.9. The van der Waals surface area contributed by atoms with Crippen LogP contribution in [0.5, 0.6) is 0 Å². The fourth-order valence-corrected chi connectivity index (χ4v) is 6.64. The van der Waals surface area contributed by atoms with E-state index in [-0.39, 0.29) is 33.5 Å². The molecule has 13 heteroatoms. The van der Waals surface area contributed by atoms with E-state index in [9.17, 15) is 22.8 Å². The van der Waals surface area contributed by atoms with Crippen molar-refractivity contribution in [3.05, 3.63) is 56.0 Å². The molecule has 1 amide bonds. The van der Waals surface area contributed by atoms with Crippen LogP contribution in [0.3, 0.4) is 0 Å². The summed E-state index contributed by atoms with van der Waals surface area (Å²) in [5, 5.41) is 8.19. The average molecular weight is 569 g/mol. The van der Waals surface area contributed by atoms with E-state index in [1.54, 1.807) is 24.4 Å². The summed E-state index contributed by atoms with van der Waals surface area (Å²) < 4.78 is 47.5. The van der Waals surface area contributed by atoms with Crippen LogP contribution >= 0.6 is 34.3 Å². The molecule has 37 heavy (non-hydrogen) atoms. The number of aromatic nitrogens is 3. The lowest BCUT2D eigenvalue weighted by molar-refractivity contribution is -0.142. The molecule has 1 atom stereocenters. The summed E-state index contributed by atoms with van der Waals surface area (Å²) in [6.45, 7) is 3.95. The van der Waals surface area contributed by atoms with Crippen LogP contribution in [0.2, 0.25) is 5.02 Å². The Morgan fingerprint density at radius 2 is 2.14 bits per heavy atom. The molecule has 4 aromatic rings. The van der Waals surface area contributed by atoms with Gasteiger partial charge in [0.2, 0.25) is 0 Å². The topological polar surface area (TPSA) is 85.6 Å². The fourth-order valence-electron chi connectivity index (χ4n) is 4.31. The van der Waals surface area contributed by atoms with Crippen molar-refractivity contribution in [2.24, 2.45) is 5.92 Å². The van der Waals surface area contributed by atoms with Crippen LogP contribution in [-0.4, -0.2) is 33.1 Å². The lowest BCUT2D eigenvalue weighted by Gasteiger charge is -2.18. The molecule has 1 aliphatic rings. The molecule has 7 nitrogen and oxygen atoms in total. The maximum absolute atomic E-state index is 13.9. The van der Waals surface area contributed by atoms with E-state index in [1.165, 1.54) is 22.7 Å². The molecule has 0 radical (unpaired) electrons. The van der Waals surface area contributed by atoms with E-state index in [2.05, 4.69) is 22.3 Å². The zero-order chi connectivity index (χ0) is 26.5. The normalized spacial score (nSPS) is 15.6. The summed E-state index contributed by atoms with van der Waals surface area (Å²) in [4.78, 5) is 31.8. The molecular weight excluding hydrogens is 549 g/mol. The van der Waals surface area contributed by atoms with Crippen LogP contribution in [0, 0.1) is 5.92 Å². The third kappa shape index (κ3) is 4.73. The number of amides is 1. The second-order valence-corrected chi connectivity index (χ2v) is 11.1. The van der Waals surface area contributed by atoms with Gasteiger partial charge in [0.25, 0.3) is 5.91 Å². The lowest BCUT2D eigenvalue weighted by atomic mass is 9.88. The molecule has 0 aliphatic heterocycles. The van der Waals surface area contributed by atoms with Gasteiger partial charge in [-0.3, -0.25) is 4.79 Å². The number of anilines is 1. The Balaban J connectivity index is 1.58. The van der Waals surface area contributed by atoms with Crippen molar-refractivity contribution in [2.45, 2.75) is 39.3 Å². The Labute approximate surface area is 222 Å². The van der Waals surface area contributed by atoms with Crippen molar-refractivity contribution in [2.75, 3.05) is 11.9 Å². The molecule has 0 bridgehead atoms. The summed E-state index contributed by atoms with van der Waals surface area (Å²) in [6, 6.07) is 4.20. The number of hydrogen-bond acceptors (Lipinski definition) is 7. The number of alkyl halides is 3. The zero-order valence-electron chi connectivity index (χ0n) is 19.6. The predicted molar refractivity (Wildman–Crippen MR) is 136 cm³/mol. The SMILES string of the molecule is CCOC(=O)c1c(NC(=O)c2nn3c(C(F)(F)F)cc(-c4cccs4)nc3c2Cl)sc2c1CCC(C)C2. The highest BCUT2D eigenvalue weighted by molar-refractivity contribution is 7.17. The van der Waals surface area contributed by atoms with Crippen molar-refractivity contribution in [3.63, 3.8) is 0 Å². The zero-order valence-corrected chi connectivity index (χ0v) is 22.0. The Bertz CT molecular complexity index is 1510. The fraction of sp³-hybridized carbons (Fsp3) is 0.333. The number of rotatable bonds is 5. The molecule has 4 heterocycles. The summed E-state index contributed by atoms with van der Waals surface area (Å²) in [5.41, 5.74) is -0.675. The monoisotopic (exact) mass is 568 g/mol. The number of nitrogens with zero attached hydrogens (tertiary/aromatic N) is 3. The predicted octanol–water partition coefficient (Wildman–Crippen LogP) is 6.75. The van der Waals surface area contributed by atoms with Crippen molar-refractivity contribution < 1.29 is 27.5 Å². The average Bonchev–Trinajstić information content (AvgIpc) is 3.55. The molecule has 0 fully saturated rings. The number of carbonyl (C=O) groups excluding carboxylic acids is 2. The molecular formula is C24H20ClF3N4O3S2. The van der Waals surface area contributed by atoms with Gasteiger partial charge in [0, 0.05) is 4.88 Å². The van der Waals surface area contributed by atoms with Crippen LogP contribution in [0.4, 0.5) is 18.2 Å². The van der Waals surface area contributed by atoms with Crippen molar-refractivity contribution >= 4 is 56.8 Å².